The van der Waals surface area contributed by atoms with Gasteiger partial charge in [0.05, 0.1) is 22.5 Å². The van der Waals surface area contributed by atoms with E-state index < -0.39 is 44.7 Å². The van der Waals surface area contributed by atoms with Crippen molar-refractivity contribution in [3.63, 3.8) is 0 Å². The van der Waals surface area contributed by atoms with E-state index in [-0.39, 0.29) is 39.7 Å². The molecule has 0 spiro atoms. The number of hydrogen-bond donors (Lipinski definition) is 2. The molecule has 2 N–H and O–H groups in total. The number of benzene rings is 1. The summed E-state index contributed by atoms with van der Waals surface area (Å²) >= 11 is 0. The van der Waals surface area contributed by atoms with E-state index in [9.17, 15) is 17.9 Å². The van der Waals surface area contributed by atoms with E-state index in [1.165, 1.54) is 12.3 Å². The van der Waals surface area contributed by atoms with Crippen LogP contribution in [0.2, 0.25) is 0 Å². The molecule has 0 radical (unpaired) electrons. The van der Waals surface area contributed by atoms with Gasteiger partial charge in [-0.15, -0.1) is 0 Å². The number of likely N-dealkylation sites (tertiary alicyclic amines) is 1. The van der Waals surface area contributed by atoms with Crippen LogP contribution in [0.15, 0.2) is 30.6 Å². The third-order valence-electron chi connectivity index (χ3n) is 7.84. The fourth-order valence-electron chi connectivity index (χ4n) is 5.94. The van der Waals surface area contributed by atoms with Crippen LogP contribution in [-0.4, -0.2) is 59.0 Å². The van der Waals surface area contributed by atoms with Gasteiger partial charge in [-0.1, -0.05) is 13.8 Å². The van der Waals surface area contributed by atoms with Gasteiger partial charge in [-0.2, -0.15) is 0 Å². The fourth-order valence-corrected chi connectivity index (χ4v) is 7.41. The number of nitrogens with zero attached hydrogens (tertiary/aromatic N) is 2. The number of sulfone groups is 1. The average Bonchev–Trinajstić information content (AvgIpc) is 3.18. The van der Waals surface area contributed by atoms with E-state index in [1.807, 2.05) is 0 Å². The number of nitrogens with one attached hydrogen (secondary N) is 1. The first-order chi connectivity index (χ1) is 16.5. The molecule has 35 heavy (non-hydrogen) atoms. The van der Waals surface area contributed by atoms with Crippen LogP contribution in [-0.2, 0) is 15.4 Å². The normalized spacial score (nSPS) is 27.9. The lowest BCUT2D eigenvalue weighted by molar-refractivity contribution is -0.124. The molecule has 2 aromatic heterocycles. The van der Waals surface area contributed by atoms with E-state index in [0.29, 0.717) is 31.5 Å². The highest BCUT2D eigenvalue weighted by Crippen LogP contribution is 2.45. The molecule has 0 saturated carbocycles. The molecule has 3 atom stereocenters. The first-order valence-electron chi connectivity index (χ1n) is 11.8. The first kappa shape index (κ1) is 24.3. The zero-order chi connectivity index (χ0) is 25.1. The van der Waals surface area contributed by atoms with Gasteiger partial charge in [0, 0.05) is 43.4 Å². The summed E-state index contributed by atoms with van der Waals surface area (Å²) in [7, 11) is -3.00. The third-order valence-corrected chi connectivity index (χ3v) is 9.55. The highest BCUT2D eigenvalue weighted by Gasteiger charge is 2.50. The van der Waals surface area contributed by atoms with Gasteiger partial charge < -0.3 is 10.1 Å². The summed E-state index contributed by atoms with van der Waals surface area (Å²) in [6.07, 6.45) is 3.62. The maximum atomic E-state index is 15.5. The van der Waals surface area contributed by atoms with Crippen LogP contribution in [0.3, 0.4) is 0 Å². The summed E-state index contributed by atoms with van der Waals surface area (Å²) in [6, 6.07) is 3.83. The molecule has 1 aromatic carbocycles. The predicted molar refractivity (Wildman–Crippen MR) is 127 cm³/mol. The molecule has 3 aromatic rings. The van der Waals surface area contributed by atoms with Crippen molar-refractivity contribution in [2.24, 2.45) is 11.8 Å². The Hall–Kier alpha value is -2.43. The lowest BCUT2D eigenvalue weighted by Gasteiger charge is -2.50. The number of pyridine rings is 1. The number of aromatic amines is 1. The monoisotopic (exact) mass is 507 g/mol. The van der Waals surface area contributed by atoms with Crippen LogP contribution < -0.4 is 0 Å². The number of rotatable bonds is 3. The van der Waals surface area contributed by atoms with Gasteiger partial charge in [0.2, 0.25) is 0 Å². The van der Waals surface area contributed by atoms with Gasteiger partial charge in [0.25, 0.3) is 0 Å². The molecule has 188 valence electrons. The summed E-state index contributed by atoms with van der Waals surface area (Å²) in [5.41, 5.74) is -1.41. The Kier molecular flexibility index (Phi) is 5.96. The van der Waals surface area contributed by atoms with Crippen molar-refractivity contribution in [1.29, 1.82) is 0 Å². The number of hydrogen-bond acceptors (Lipinski definition) is 5. The number of halogens is 3. The second-order valence-electron chi connectivity index (χ2n) is 10.00. The second-order valence-corrected chi connectivity index (χ2v) is 12.3. The molecule has 6 nitrogen and oxygen atoms in total. The summed E-state index contributed by atoms with van der Waals surface area (Å²) in [5.74, 6) is -3.09. The Labute approximate surface area is 202 Å². The van der Waals surface area contributed by atoms with Gasteiger partial charge in [0.1, 0.15) is 32.7 Å². The maximum Gasteiger partial charge on any atom is 0.150 e. The van der Waals surface area contributed by atoms with Crippen molar-refractivity contribution in [1.82, 2.24) is 14.9 Å². The van der Waals surface area contributed by atoms with E-state index >= 15 is 8.78 Å². The van der Waals surface area contributed by atoms with Crippen molar-refractivity contribution >= 4 is 20.9 Å². The van der Waals surface area contributed by atoms with Gasteiger partial charge in [-0.05, 0) is 42.2 Å². The highest BCUT2D eigenvalue weighted by molar-refractivity contribution is 7.91. The van der Waals surface area contributed by atoms with Crippen LogP contribution in [0.1, 0.15) is 32.3 Å². The number of aromatic nitrogens is 2. The Morgan fingerprint density at radius 2 is 1.66 bits per heavy atom. The van der Waals surface area contributed by atoms with Gasteiger partial charge in [-0.25, -0.2) is 26.6 Å². The lowest BCUT2D eigenvalue weighted by Crippen LogP contribution is -2.58. The smallest absolute Gasteiger partial charge is 0.150 e. The fraction of sp³-hybridized carbons (Fsp3) is 0.480. The average molecular weight is 508 g/mol. The van der Waals surface area contributed by atoms with Gasteiger partial charge in [0.15, 0.2) is 5.82 Å². The molecular weight excluding hydrogens is 479 g/mol. The molecule has 4 heterocycles. The van der Waals surface area contributed by atoms with Crippen molar-refractivity contribution in [2.75, 3.05) is 24.6 Å². The molecule has 0 aliphatic carbocycles. The largest absolute Gasteiger partial charge is 0.384 e. The molecule has 0 amide bonds. The standard InChI is InChI=1S/C25H28F3N3O3S/c1-14-12-31(17-4-7-35(33,34)8-5-17)13-15(2)25(14,32)23-19(26)9-16(10-20(23)27)18-3-6-29-24-22(18)21(28)11-30-24/h3,6,9-11,14-15,17,32H,4-5,7-8,12-13H2,1-2H3,(H,29,30)/t14-,15+,25?. The van der Waals surface area contributed by atoms with Crippen LogP contribution in [0.4, 0.5) is 13.2 Å². The van der Waals surface area contributed by atoms with Gasteiger partial charge >= 0.3 is 0 Å². The maximum absolute atomic E-state index is 15.5. The van der Waals surface area contributed by atoms with Crippen molar-refractivity contribution < 1.29 is 26.7 Å². The summed E-state index contributed by atoms with van der Waals surface area (Å²) in [6.45, 7) is 4.31. The number of fused-ring (bicyclic) bond motifs is 1. The van der Waals surface area contributed by atoms with Gasteiger partial charge in [-0.3, -0.25) is 4.90 Å². The minimum atomic E-state index is -3.00. The molecular formula is C25H28F3N3O3S. The summed E-state index contributed by atoms with van der Waals surface area (Å²) < 4.78 is 69.0. The van der Waals surface area contributed by atoms with Crippen molar-refractivity contribution in [2.45, 2.75) is 38.3 Å². The Balaban J connectivity index is 1.47. The lowest BCUT2D eigenvalue weighted by atomic mass is 9.69. The Morgan fingerprint density at radius 3 is 2.26 bits per heavy atom. The van der Waals surface area contributed by atoms with Crippen LogP contribution in [0, 0.1) is 29.3 Å². The molecule has 10 heteroatoms. The van der Waals surface area contributed by atoms with Crippen molar-refractivity contribution in [3.05, 3.63) is 53.6 Å². The van der Waals surface area contributed by atoms with Crippen LogP contribution >= 0.6 is 0 Å². The Morgan fingerprint density at radius 1 is 1.06 bits per heavy atom. The minimum Gasteiger partial charge on any atom is -0.384 e. The van der Waals surface area contributed by atoms with E-state index in [1.54, 1.807) is 13.8 Å². The predicted octanol–water partition coefficient (Wildman–Crippen LogP) is 4.00. The molecule has 1 unspecified atom stereocenters. The second kappa shape index (κ2) is 8.60. The summed E-state index contributed by atoms with van der Waals surface area (Å²) in [4.78, 5) is 8.88. The highest BCUT2D eigenvalue weighted by atomic mass is 32.2. The number of aliphatic hydroxyl groups is 1. The first-order valence-corrected chi connectivity index (χ1v) is 13.6. The van der Waals surface area contributed by atoms with E-state index in [0.717, 1.165) is 18.3 Å². The summed E-state index contributed by atoms with van der Waals surface area (Å²) in [5, 5.41) is 11.8. The van der Waals surface area contributed by atoms with Crippen LogP contribution in [0.5, 0.6) is 0 Å². The molecule has 2 fully saturated rings. The zero-order valence-electron chi connectivity index (χ0n) is 19.6. The molecule has 5 rings (SSSR count). The van der Waals surface area contributed by atoms with E-state index in [2.05, 4.69) is 14.9 Å². The minimum absolute atomic E-state index is 0.0652. The molecule has 2 aliphatic rings. The Bertz CT molecular complexity index is 1340. The van der Waals surface area contributed by atoms with Crippen molar-refractivity contribution in [3.8, 4) is 11.1 Å². The zero-order valence-corrected chi connectivity index (χ0v) is 20.4. The molecule has 2 saturated heterocycles. The number of H-pyrrole nitrogens is 1. The number of piperidine rings is 1. The quantitative estimate of drug-likeness (QED) is 0.560. The topological polar surface area (TPSA) is 86.3 Å². The van der Waals surface area contributed by atoms with E-state index in [4.69, 9.17) is 0 Å². The SMILES string of the molecule is C[C@@H]1CN(C2CCS(=O)(=O)CC2)C[C@H](C)C1(O)c1c(F)cc(-c2ccnc3[nH]cc(F)c23)cc1F. The molecule has 2 aliphatic heterocycles. The van der Waals surface area contributed by atoms with Crippen LogP contribution in [0.25, 0.3) is 22.2 Å². The molecule has 0 bridgehead atoms. The third kappa shape index (κ3) is 4.05.